The van der Waals surface area contributed by atoms with Crippen LogP contribution in [0.3, 0.4) is 0 Å². The van der Waals surface area contributed by atoms with Crippen LogP contribution in [0.1, 0.15) is 52.4 Å². The third-order valence-corrected chi connectivity index (χ3v) is 5.03. The molecule has 0 fully saturated rings. The number of alkyl halides is 3. The number of rotatable bonds is 7. The number of methoxy groups -OCH3 is 1. The van der Waals surface area contributed by atoms with Gasteiger partial charge in [0.15, 0.2) is 11.6 Å². The summed E-state index contributed by atoms with van der Waals surface area (Å²) in [5, 5.41) is 2.55. The molecule has 1 unspecified atom stereocenters. The minimum absolute atomic E-state index is 0.0125. The number of halogens is 5. The molecule has 2 N–H and O–H groups in total. The first-order valence-corrected chi connectivity index (χ1v) is 10.1. The van der Waals surface area contributed by atoms with E-state index in [1.165, 1.54) is 19.2 Å². The van der Waals surface area contributed by atoms with Gasteiger partial charge < -0.3 is 15.0 Å². The lowest BCUT2D eigenvalue weighted by molar-refractivity contribution is -0.140. The van der Waals surface area contributed by atoms with Crippen molar-refractivity contribution in [2.75, 3.05) is 7.11 Å². The molecule has 180 valence electrons. The van der Waals surface area contributed by atoms with Gasteiger partial charge in [0.1, 0.15) is 17.3 Å². The van der Waals surface area contributed by atoms with Crippen LogP contribution in [-0.2, 0) is 12.6 Å². The molecule has 0 aliphatic heterocycles. The number of hydrogen-bond donors (Lipinski definition) is 2. The molecule has 34 heavy (non-hydrogen) atoms. The lowest BCUT2D eigenvalue weighted by atomic mass is 10.0. The van der Waals surface area contributed by atoms with Crippen molar-refractivity contribution in [2.45, 2.75) is 32.0 Å². The van der Waals surface area contributed by atoms with Crippen LogP contribution in [0.5, 0.6) is 5.75 Å². The monoisotopic (exact) mass is 481 g/mol. The summed E-state index contributed by atoms with van der Waals surface area (Å²) in [6.07, 6.45) is -4.60. The number of carbonyl (C=O) groups excluding carboxylic acids is 1. The summed E-state index contributed by atoms with van der Waals surface area (Å²) in [6.45, 7) is 1.65. The van der Waals surface area contributed by atoms with Crippen molar-refractivity contribution in [2.24, 2.45) is 0 Å². The molecular formula is C23H20F5N3O3. The Kier molecular flexibility index (Phi) is 7.33. The Morgan fingerprint density at radius 3 is 2.44 bits per heavy atom. The predicted octanol–water partition coefficient (Wildman–Crippen LogP) is 4.55. The Morgan fingerprint density at radius 1 is 1.12 bits per heavy atom. The van der Waals surface area contributed by atoms with Crippen LogP contribution < -0.4 is 15.6 Å². The predicted molar refractivity (Wildman–Crippen MR) is 113 cm³/mol. The van der Waals surface area contributed by atoms with Crippen molar-refractivity contribution in [3.05, 3.63) is 92.7 Å². The number of benzene rings is 2. The standard InChI is InChI=1S/C23H20F5N3O3/c1-3-17(13-5-6-14(15(24)10-13)23(26,27)28)30-22(33)18-11-21(32)31-20(29-18)9-12-4-7-19(34-2)16(25)8-12/h4-8,10-11,17H,3,9H2,1-2H3,(H,30,33)(H,29,31,32). The maximum Gasteiger partial charge on any atom is 0.419 e. The van der Waals surface area contributed by atoms with Crippen LogP contribution in [0.25, 0.3) is 0 Å². The first-order chi connectivity index (χ1) is 16.0. The van der Waals surface area contributed by atoms with E-state index >= 15 is 0 Å². The van der Waals surface area contributed by atoms with Crippen LogP contribution in [0, 0.1) is 11.6 Å². The highest BCUT2D eigenvalue weighted by molar-refractivity contribution is 5.92. The molecule has 0 saturated heterocycles. The van der Waals surface area contributed by atoms with E-state index in [-0.39, 0.29) is 35.7 Å². The highest BCUT2D eigenvalue weighted by Crippen LogP contribution is 2.32. The molecule has 0 spiro atoms. The van der Waals surface area contributed by atoms with Crippen molar-refractivity contribution < 1.29 is 31.5 Å². The fraction of sp³-hybridized carbons (Fsp3) is 0.261. The average Bonchev–Trinajstić information content (AvgIpc) is 2.76. The number of ether oxygens (including phenoxy) is 1. The third kappa shape index (κ3) is 5.77. The van der Waals surface area contributed by atoms with Gasteiger partial charge in [-0.1, -0.05) is 19.1 Å². The fourth-order valence-electron chi connectivity index (χ4n) is 3.35. The van der Waals surface area contributed by atoms with Gasteiger partial charge in [-0.15, -0.1) is 0 Å². The van der Waals surface area contributed by atoms with E-state index in [0.29, 0.717) is 17.7 Å². The molecule has 3 aromatic rings. The molecule has 1 heterocycles. The molecule has 0 radical (unpaired) electrons. The minimum atomic E-state index is -4.84. The molecule has 1 atom stereocenters. The van der Waals surface area contributed by atoms with Crippen LogP contribution in [0.4, 0.5) is 22.0 Å². The molecule has 1 aromatic heterocycles. The van der Waals surface area contributed by atoms with E-state index in [0.717, 1.165) is 12.1 Å². The van der Waals surface area contributed by atoms with Gasteiger partial charge in [-0.05, 0) is 41.8 Å². The maximum atomic E-state index is 14.0. The number of amides is 1. The van der Waals surface area contributed by atoms with Crippen LogP contribution in [0.2, 0.25) is 0 Å². The Labute approximate surface area is 190 Å². The zero-order valence-electron chi connectivity index (χ0n) is 18.1. The molecule has 0 bridgehead atoms. The highest BCUT2D eigenvalue weighted by Gasteiger charge is 2.34. The summed E-state index contributed by atoms with van der Waals surface area (Å²) in [7, 11) is 1.32. The molecule has 6 nitrogen and oxygen atoms in total. The van der Waals surface area contributed by atoms with E-state index in [2.05, 4.69) is 15.3 Å². The molecule has 3 rings (SSSR count). The number of H-pyrrole nitrogens is 1. The molecule has 2 aromatic carbocycles. The van der Waals surface area contributed by atoms with E-state index in [1.54, 1.807) is 13.0 Å². The second-order valence-electron chi connectivity index (χ2n) is 7.39. The average molecular weight is 481 g/mol. The second-order valence-corrected chi connectivity index (χ2v) is 7.39. The van der Waals surface area contributed by atoms with Gasteiger partial charge in [-0.2, -0.15) is 13.2 Å². The van der Waals surface area contributed by atoms with Gasteiger partial charge in [0, 0.05) is 12.5 Å². The lowest BCUT2D eigenvalue weighted by Gasteiger charge is -2.18. The lowest BCUT2D eigenvalue weighted by Crippen LogP contribution is -2.30. The largest absolute Gasteiger partial charge is 0.494 e. The van der Waals surface area contributed by atoms with E-state index in [4.69, 9.17) is 4.74 Å². The van der Waals surface area contributed by atoms with Crippen molar-refractivity contribution in [1.29, 1.82) is 0 Å². The smallest absolute Gasteiger partial charge is 0.419 e. The van der Waals surface area contributed by atoms with Crippen molar-refractivity contribution in [3.63, 3.8) is 0 Å². The Bertz CT molecular complexity index is 1260. The van der Waals surface area contributed by atoms with Crippen molar-refractivity contribution >= 4 is 5.91 Å². The summed E-state index contributed by atoms with van der Waals surface area (Å²) < 4.78 is 71.2. The summed E-state index contributed by atoms with van der Waals surface area (Å²) in [6, 6.07) is 6.71. The zero-order valence-corrected chi connectivity index (χ0v) is 18.1. The molecule has 0 aliphatic carbocycles. The van der Waals surface area contributed by atoms with E-state index in [1.807, 2.05) is 0 Å². The van der Waals surface area contributed by atoms with E-state index < -0.39 is 40.9 Å². The summed E-state index contributed by atoms with van der Waals surface area (Å²) >= 11 is 0. The van der Waals surface area contributed by atoms with Crippen molar-refractivity contribution in [3.8, 4) is 5.75 Å². The quantitative estimate of drug-likeness (QED) is 0.485. The maximum absolute atomic E-state index is 14.0. The van der Waals surface area contributed by atoms with Gasteiger partial charge in [-0.25, -0.2) is 13.8 Å². The Morgan fingerprint density at radius 2 is 1.85 bits per heavy atom. The number of carbonyl (C=O) groups is 1. The number of nitrogens with zero attached hydrogens (tertiary/aromatic N) is 1. The van der Waals surface area contributed by atoms with Crippen LogP contribution in [0.15, 0.2) is 47.3 Å². The summed E-state index contributed by atoms with van der Waals surface area (Å²) in [5.41, 5.74) is -1.70. The van der Waals surface area contributed by atoms with Crippen LogP contribution in [-0.4, -0.2) is 23.0 Å². The SMILES string of the molecule is CCC(NC(=O)c1cc(=O)[nH]c(Cc2ccc(OC)c(F)c2)n1)c1ccc(C(F)(F)F)c(F)c1. The normalized spacial score (nSPS) is 12.3. The minimum Gasteiger partial charge on any atom is -0.494 e. The van der Waals surface area contributed by atoms with Gasteiger partial charge >= 0.3 is 6.18 Å². The summed E-state index contributed by atoms with van der Waals surface area (Å²) in [4.78, 5) is 31.3. The number of aromatic amines is 1. The first-order valence-electron chi connectivity index (χ1n) is 10.1. The fourth-order valence-corrected chi connectivity index (χ4v) is 3.35. The van der Waals surface area contributed by atoms with E-state index in [9.17, 15) is 31.5 Å². The van der Waals surface area contributed by atoms with Gasteiger partial charge in [0.25, 0.3) is 11.5 Å². The first kappa shape index (κ1) is 24.9. The molecule has 11 heteroatoms. The Hall–Kier alpha value is -3.76. The molecular weight excluding hydrogens is 461 g/mol. The summed E-state index contributed by atoms with van der Waals surface area (Å²) in [5.74, 6) is -2.70. The molecule has 0 saturated carbocycles. The van der Waals surface area contributed by atoms with Gasteiger partial charge in [0.2, 0.25) is 0 Å². The van der Waals surface area contributed by atoms with Gasteiger partial charge in [-0.3, -0.25) is 9.59 Å². The number of hydrogen-bond acceptors (Lipinski definition) is 4. The van der Waals surface area contributed by atoms with Gasteiger partial charge in [0.05, 0.1) is 18.7 Å². The highest BCUT2D eigenvalue weighted by atomic mass is 19.4. The molecule has 0 aliphatic rings. The topological polar surface area (TPSA) is 84.1 Å². The Balaban J connectivity index is 1.81. The molecule has 1 amide bonds. The number of aromatic nitrogens is 2. The van der Waals surface area contributed by atoms with Crippen LogP contribution >= 0.6 is 0 Å². The number of nitrogens with one attached hydrogen (secondary N) is 2. The second kappa shape index (κ2) is 10.0. The third-order valence-electron chi connectivity index (χ3n) is 5.03. The zero-order chi connectivity index (χ0) is 25.0. The van der Waals surface area contributed by atoms with Crippen molar-refractivity contribution in [1.82, 2.24) is 15.3 Å².